The average Bonchev–Trinajstić information content (AvgIpc) is 3.40. The summed E-state index contributed by atoms with van der Waals surface area (Å²) in [5, 5.41) is 6.51. The van der Waals surface area contributed by atoms with Crippen LogP contribution in [0.2, 0.25) is 0 Å². The monoisotopic (exact) mass is 476 g/mol. The van der Waals surface area contributed by atoms with Crippen LogP contribution in [0, 0.1) is 6.92 Å². The summed E-state index contributed by atoms with van der Waals surface area (Å²) in [7, 11) is 1.58. The second kappa shape index (κ2) is 10.4. The molecule has 0 bridgehead atoms. The lowest BCUT2D eigenvalue weighted by Gasteiger charge is -2.20. The molecule has 0 saturated heterocycles. The third-order valence-corrected chi connectivity index (χ3v) is 6.38. The van der Waals surface area contributed by atoms with E-state index in [0.29, 0.717) is 34.6 Å². The Kier molecular flexibility index (Phi) is 7.12. The molecule has 1 aliphatic rings. The van der Waals surface area contributed by atoms with Gasteiger partial charge in [0.15, 0.2) is 11.0 Å². The van der Waals surface area contributed by atoms with Gasteiger partial charge in [0.05, 0.1) is 18.0 Å². The molecule has 1 atom stereocenters. The quantitative estimate of drug-likeness (QED) is 0.488. The molecule has 0 saturated carbocycles. The number of thioether (sulfide) groups is 1. The highest BCUT2D eigenvalue weighted by Crippen LogP contribution is 2.33. The number of carbonyl (C=O) groups is 2. The van der Waals surface area contributed by atoms with E-state index in [0.717, 1.165) is 5.56 Å². The molecule has 2 amide bonds. The number of carbonyl (C=O) groups excluding carboxylic acids is 2. The maximum Gasteiger partial charge on any atom is 0.283 e. The van der Waals surface area contributed by atoms with Crippen LogP contribution in [0.25, 0.3) is 6.08 Å². The Morgan fingerprint density at radius 1 is 1.21 bits per heavy atom. The Bertz CT molecular complexity index is 1250. The maximum absolute atomic E-state index is 13.4. The first-order valence-corrected chi connectivity index (χ1v) is 11.6. The zero-order valence-electron chi connectivity index (χ0n) is 19.0. The topological polar surface area (TPSA) is 97.0 Å². The Hall–Kier alpha value is -3.85. The summed E-state index contributed by atoms with van der Waals surface area (Å²) >= 11 is 1.23. The Balaban J connectivity index is 1.66. The number of aromatic nitrogens is 1. The number of methoxy groups -OCH3 is 1. The van der Waals surface area contributed by atoms with Crippen LogP contribution in [0.3, 0.4) is 0 Å². The van der Waals surface area contributed by atoms with E-state index < -0.39 is 5.25 Å². The lowest BCUT2D eigenvalue weighted by Crippen LogP contribution is -2.34. The van der Waals surface area contributed by atoms with Crippen LogP contribution >= 0.6 is 11.8 Å². The number of hydrogen-bond donors (Lipinski definition) is 1. The smallest absolute Gasteiger partial charge is 0.283 e. The van der Waals surface area contributed by atoms with Gasteiger partial charge < -0.3 is 14.6 Å². The summed E-state index contributed by atoms with van der Waals surface area (Å²) in [5.41, 5.74) is 1.67. The van der Waals surface area contributed by atoms with Crippen molar-refractivity contribution < 1.29 is 18.8 Å². The fourth-order valence-electron chi connectivity index (χ4n) is 3.39. The largest absolute Gasteiger partial charge is 0.496 e. The number of amidine groups is 1. The van der Waals surface area contributed by atoms with Gasteiger partial charge >= 0.3 is 0 Å². The number of hydrogen-bond acceptors (Lipinski definition) is 7. The minimum atomic E-state index is -0.500. The molecule has 0 spiro atoms. The van der Waals surface area contributed by atoms with E-state index in [4.69, 9.17) is 9.26 Å². The van der Waals surface area contributed by atoms with Crippen molar-refractivity contribution in [3.8, 4) is 5.75 Å². The highest BCUT2D eigenvalue weighted by Gasteiger charge is 2.35. The predicted molar refractivity (Wildman–Crippen MR) is 134 cm³/mol. The summed E-state index contributed by atoms with van der Waals surface area (Å²) in [6.45, 7) is 3.65. The van der Waals surface area contributed by atoms with Gasteiger partial charge in [0.25, 0.3) is 5.91 Å². The number of aryl methyl sites for hydroxylation is 1. The Morgan fingerprint density at radius 3 is 2.62 bits per heavy atom. The van der Waals surface area contributed by atoms with Gasteiger partial charge in [-0.1, -0.05) is 60.2 Å². The lowest BCUT2D eigenvalue weighted by molar-refractivity contribution is -0.116. The summed E-state index contributed by atoms with van der Waals surface area (Å²) in [6.07, 6.45) is 2.22. The summed E-state index contributed by atoms with van der Waals surface area (Å²) < 4.78 is 10.4. The molecule has 2 heterocycles. The van der Waals surface area contributed by atoms with Crippen LogP contribution in [-0.2, 0) is 9.59 Å². The second-order valence-corrected chi connectivity index (χ2v) is 8.64. The number of amides is 2. The lowest BCUT2D eigenvalue weighted by atomic mass is 10.1. The molecule has 8 nitrogen and oxygen atoms in total. The van der Waals surface area contributed by atoms with E-state index in [2.05, 4.69) is 15.5 Å². The molecule has 0 aliphatic carbocycles. The molecule has 0 fully saturated rings. The van der Waals surface area contributed by atoms with Gasteiger partial charge in [-0.25, -0.2) is 4.99 Å². The first kappa shape index (κ1) is 23.3. The average molecular weight is 477 g/mol. The molecule has 1 aliphatic heterocycles. The van der Waals surface area contributed by atoms with Crippen LogP contribution in [0.1, 0.15) is 24.7 Å². The zero-order valence-corrected chi connectivity index (χ0v) is 19.8. The molecule has 0 unspecified atom stereocenters. The molecule has 1 N–H and O–H groups in total. The van der Waals surface area contributed by atoms with Gasteiger partial charge in [0, 0.05) is 11.6 Å². The first-order chi connectivity index (χ1) is 16.5. The van der Waals surface area contributed by atoms with Gasteiger partial charge in [0.1, 0.15) is 17.2 Å². The minimum Gasteiger partial charge on any atom is -0.496 e. The molecular formula is C25H24N4O4S. The standard InChI is InChI=1S/C25H24N4O4S/c1-4-21(23(30)27-22-14-16(2)33-28-22)34-25-26-19(15-17-10-8-9-13-20(17)32-3)24(31)29(25)18-11-6-5-7-12-18/h5-15,21H,4H2,1-3H3,(H,27,28,30)/b19-15-/t21-/m1/s1. The van der Waals surface area contributed by atoms with E-state index in [1.165, 1.54) is 16.7 Å². The van der Waals surface area contributed by atoms with Gasteiger partial charge in [0.2, 0.25) is 5.91 Å². The SMILES string of the molecule is CC[C@@H](SC1=N/C(=C\c2ccccc2OC)C(=O)N1c1ccccc1)C(=O)Nc1cc(C)on1. The summed E-state index contributed by atoms with van der Waals surface area (Å²) in [5.74, 6) is 1.07. The molecule has 3 aromatic rings. The minimum absolute atomic E-state index is 0.244. The van der Waals surface area contributed by atoms with E-state index in [1.807, 2.05) is 61.5 Å². The van der Waals surface area contributed by atoms with Crippen LogP contribution in [0.15, 0.2) is 75.9 Å². The third kappa shape index (κ3) is 5.04. The Labute approximate surface area is 201 Å². The number of nitrogens with one attached hydrogen (secondary N) is 1. The summed E-state index contributed by atoms with van der Waals surface area (Å²) in [4.78, 5) is 32.5. The van der Waals surface area contributed by atoms with Gasteiger partial charge in [-0.15, -0.1) is 0 Å². The van der Waals surface area contributed by atoms with E-state index in [-0.39, 0.29) is 17.5 Å². The predicted octanol–water partition coefficient (Wildman–Crippen LogP) is 4.89. The highest BCUT2D eigenvalue weighted by molar-refractivity contribution is 8.15. The number of para-hydroxylation sites is 2. The normalized spacial score (nSPS) is 15.4. The van der Waals surface area contributed by atoms with Crippen LogP contribution in [0.5, 0.6) is 5.75 Å². The molecular weight excluding hydrogens is 452 g/mol. The van der Waals surface area contributed by atoms with Crippen molar-refractivity contribution in [1.82, 2.24) is 5.16 Å². The van der Waals surface area contributed by atoms with E-state index in [1.54, 1.807) is 26.2 Å². The molecule has 34 heavy (non-hydrogen) atoms. The van der Waals surface area contributed by atoms with Gasteiger partial charge in [-0.2, -0.15) is 0 Å². The summed E-state index contributed by atoms with van der Waals surface area (Å²) in [6, 6.07) is 18.3. The number of aliphatic imine (C=N–C) groups is 1. The fraction of sp³-hybridized carbons (Fsp3) is 0.200. The first-order valence-electron chi connectivity index (χ1n) is 10.7. The molecule has 1 aromatic heterocycles. The highest BCUT2D eigenvalue weighted by atomic mass is 32.2. The van der Waals surface area contributed by atoms with Crippen molar-refractivity contribution in [1.29, 1.82) is 0 Å². The molecule has 4 rings (SSSR count). The van der Waals surface area contributed by atoms with Crippen LogP contribution in [-0.4, -0.2) is 34.5 Å². The molecule has 174 valence electrons. The molecule has 9 heteroatoms. The number of anilines is 2. The number of benzene rings is 2. The van der Waals surface area contributed by atoms with E-state index in [9.17, 15) is 9.59 Å². The fourth-order valence-corrected chi connectivity index (χ4v) is 4.43. The van der Waals surface area contributed by atoms with Gasteiger partial charge in [-0.3, -0.25) is 14.5 Å². The zero-order chi connectivity index (χ0) is 24.1. The van der Waals surface area contributed by atoms with Crippen molar-refractivity contribution in [3.05, 3.63) is 77.7 Å². The Morgan fingerprint density at radius 2 is 1.94 bits per heavy atom. The van der Waals surface area contributed by atoms with Crippen molar-refractivity contribution in [2.45, 2.75) is 25.5 Å². The van der Waals surface area contributed by atoms with Crippen LogP contribution in [0.4, 0.5) is 11.5 Å². The number of rotatable bonds is 7. The number of ether oxygens (including phenoxy) is 1. The van der Waals surface area contributed by atoms with Gasteiger partial charge in [-0.05, 0) is 37.6 Å². The molecule has 2 aromatic carbocycles. The third-order valence-electron chi connectivity index (χ3n) is 5.07. The number of nitrogens with zero attached hydrogens (tertiary/aromatic N) is 3. The van der Waals surface area contributed by atoms with E-state index >= 15 is 0 Å². The maximum atomic E-state index is 13.4. The second-order valence-electron chi connectivity index (χ2n) is 7.47. The van der Waals surface area contributed by atoms with Crippen molar-refractivity contribution >= 4 is 46.3 Å². The van der Waals surface area contributed by atoms with Crippen molar-refractivity contribution in [2.24, 2.45) is 4.99 Å². The van der Waals surface area contributed by atoms with Crippen molar-refractivity contribution in [2.75, 3.05) is 17.3 Å². The van der Waals surface area contributed by atoms with Crippen molar-refractivity contribution in [3.63, 3.8) is 0 Å². The van der Waals surface area contributed by atoms with Crippen LogP contribution < -0.4 is 15.0 Å². The molecule has 0 radical (unpaired) electrons.